The Bertz CT molecular complexity index is 747. The number of hydrogen-bond acceptors (Lipinski definition) is 2. The molecule has 0 heterocycles. The molecule has 0 fully saturated rings. The summed E-state index contributed by atoms with van der Waals surface area (Å²) in [6, 6.07) is 13.7. The number of nitrogens with one attached hydrogen (secondary N) is 2. The maximum Gasteiger partial charge on any atom is 0.243 e. The summed E-state index contributed by atoms with van der Waals surface area (Å²) in [5, 5.41) is 7.68. The average molecular weight is 308 g/mol. The molecule has 0 aromatic heterocycles. The molecule has 0 saturated heterocycles. The molecule has 2 aromatic carbocycles. The lowest BCUT2D eigenvalue weighted by molar-refractivity contribution is -0.127. The molecule has 118 valence electrons. The molecule has 1 aliphatic carbocycles. The minimum absolute atomic E-state index is 0.00225. The van der Waals surface area contributed by atoms with Crippen molar-refractivity contribution in [3.8, 4) is 0 Å². The molecule has 0 aliphatic heterocycles. The van der Waals surface area contributed by atoms with Gasteiger partial charge in [0.2, 0.25) is 11.8 Å². The Balaban J connectivity index is 1.58. The van der Waals surface area contributed by atoms with Gasteiger partial charge in [0.15, 0.2) is 0 Å². The van der Waals surface area contributed by atoms with E-state index in [1.54, 1.807) is 0 Å². The zero-order valence-electron chi connectivity index (χ0n) is 12.9. The number of carbonyl (C=O) groups is 2. The van der Waals surface area contributed by atoms with Gasteiger partial charge in [0, 0.05) is 17.0 Å². The molecule has 4 heteroatoms. The fourth-order valence-corrected chi connectivity index (χ4v) is 2.87. The van der Waals surface area contributed by atoms with E-state index in [1.165, 1.54) is 0 Å². The number of amides is 2. The standard InChI is InChI=1S/C19H20N2O2/c22-18(13-20-19(23)15-8-2-1-3-9-15)21-17-12-6-10-14-7-4-5-11-16(14)17/h1-2,4-7,10-12,15H,3,8-9,13H2,(H,20,23)(H,21,22)/t15-/m1/s1. The maximum absolute atomic E-state index is 12.1. The highest BCUT2D eigenvalue weighted by Gasteiger charge is 2.19. The van der Waals surface area contributed by atoms with E-state index in [2.05, 4.69) is 16.7 Å². The second-order valence-electron chi connectivity index (χ2n) is 5.77. The summed E-state index contributed by atoms with van der Waals surface area (Å²) in [6.45, 7) is 0.00225. The van der Waals surface area contributed by atoms with Crippen LogP contribution in [0.5, 0.6) is 0 Å². The number of allylic oxidation sites excluding steroid dienone is 2. The number of fused-ring (bicyclic) bond motifs is 1. The predicted octanol–water partition coefficient (Wildman–Crippen LogP) is 3.25. The molecule has 0 unspecified atom stereocenters. The Morgan fingerprint density at radius 3 is 2.70 bits per heavy atom. The monoisotopic (exact) mass is 308 g/mol. The van der Waals surface area contributed by atoms with Crippen molar-refractivity contribution < 1.29 is 9.59 Å². The van der Waals surface area contributed by atoms with Gasteiger partial charge < -0.3 is 10.6 Å². The van der Waals surface area contributed by atoms with Crippen LogP contribution in [0.1, 0.15) is 19.3 Å². The molecule has 2 amide bonds. The van der Waals surface area contributed by atoms with Crippen LogP contribution >= 0.6 is 0 Å². The van der Waals surface area contributed by atoms with Crippen LogP contribution in [0.15, 0.2) is 54.6 Å². The number of benzene rings is 2. The zero-order chi connectivity index (χ0) is 16.1. The van der Waals surface area contributed by atoms with Gasteiger partial charge in [0.05, 0.1) is 6.54 Å². The summed E-state index contributed by atoms with van der Waals surface area (Å²) in [7, 11) is 0. The fraction of sp³-hybridized carbons (Fsp3) is 0.263. The van der Waals surface area contributed by atoms with Gasteiger partial charge in [-0.25, -0.2) is 0 Å². The number of hydrogen-bond donors (Lipinski definition) is 2. The van der Waals surface area contributed by atoms with Crippen LogP contribution in [0.2, 0.25) is 0 Å². The van der Waals surface area contributed by atoms with Gasteiger partial charge in [-0.15, -0.1) is 0 Å². The quantitative estimate of drug-likeness (QED) is 0.852. The molecule has 1 aliphatic rings. The van der Waals surface area contributed by atoms with E-state index in [1.807, 2.05) is 48.5 Å². The highest BCUT2D eigenvalue weighted by atomic mass is 16.2. The van der Waals surface area contributed by atoms with Crippen molar-refractivity contribution >= 4 is 28.3 Å². The summed E-state index contributed by atoms with van der Waals surface area (Å²) in [6.07, 6.45) is 6.67. The topological polar surface area (TPSA) is 58.2 Å². The molecule has 0 radical (unpaired) electrons. The third-order valence-electron chi connectivity index (χ3n) is 4.13. The van der Waals surface area contributed by atoms with Gasteiger partial charge in [0.25, 0.3) is 0 Å². The SMILES string of the molecule is O=C(CNC(=O)[C@@H]1CC=CCC1)Nc1cccc2ccccc12. The molecule has 0 spiro atoms. The molecule has 0 bridgehead atoms. The molecule has 1 atom stereocenters. The summed E-state index contributed by atoms with van der Waals surface area (Å²) in [5.41, 5.74) is 0.767. The summed E-state index contributed by atoms with van der Waals surface area (Å²) >= 11 is 0. The van der Waals surface area contributed by atoms with Gasteiger partial charge in [-0.2, -0.15) is 0 Å². The van der Waals surface area contributed by atoms with Gasteiger partial charge in [-0.3, -0.25) is 9.59 Å². The molecular formula is C19H20N2O2. The normalized spacial score (nSPS) is 17.0. The van der Waals surface area contributed by atoms with Gasteiger partial charge in [-0.05, 0) is 30.7 Å². The minimum Gasteiger partial charge on any atom is -0.347 e. The van der Waals surface area contributed by atoms with E-state index < -0.39 is 0 Å². The third kappa shape index (κ3) is 3.77. The van der Waals surface area contributed by atoms with E-state index in [0.717, 1.165) is 35.7 Å². The lowest BCUT2D eigenvalue weighted by atomic mass is 9.94. The van der Waals surface area contributed by atoms with Gasteiger partial charge >= 0.3 is 0 Å². The first-order valence-corrected chi connectivity index (χ1v) is 7.94. The third-order valence-corrected chi connectivity index (χ3v) is 4.13. The average Bonchev–Trinajstić information content (AvgIpc) is 2.61. The largest absolute Gasteiger partial charge is 0.347 e. The Morgan fingerprint density at radius 2 is 1.87 bits per heavy atom. The molecule has 4 nitrogen and oxygen atoms in total. The van der Waals surface area contributed by atoms with Crippen LogP contribution in [0.3, 0.4) is 0 Å². The van der Waals surface area contributed by atoms with Gasteiger partial charge in [-0.1, -0.05) is 48.6 Å². The second kappa shape index (κ2) is 7.09. The van der Waals surface area contributed by atoms with Crippen molar-refractivity contribution in [3.05, 3.63) is 54.6 Å². The minimum atomic E-state index is -0.207. The van der Waals surface area contributed by atoms with Crippen LogP contribution in [-0.2, 0) is 9.59 Å². The summed E-state index contributed by atoms with van der Waals surface area (Å²) in [4.78, 5) is 24.1. The first kappa shape index (κ1) is 15.3. The van der Waals surface area contributed by atoms with Crippen molar-refractivity contribution in [1.29, 1.82) is 0 Å². The molecule has 3 rings (SSSR count). The van der Waals surface area contributed by atoms with E-state index in [-0.39, 0.29) is 24.3 Å². The molecule has 23 heavy (non-hydrogen) atoms. The van der Waals surface area contributed by atoms with Crippen LogP contribution in [-0.4, -0.2) is 18.4 Å². The van der Waals surface area contributed by atoms with Crippen LogP contribution in [0, 0.1) is 5.92 Å². The van der Waals surface area contributed by atoms with Crippen molar-refractivity contribution in [1.82, 2.24) is 5.32 Å². The highest BCUT2D eigenvalue weighted by molar-refractivity contribution is 6.03. The van der Waals surface area contributed by atoms with E-state index in [4.69, 9.17) is 0 Å². The lowest BCUT2D eigenvalue weighted by Gasteiger charge is -2.17. The van der Waals surface area contributed by atoms with Crippen LogP contribution < -0.4 is 10.6 Å². The van der Waals surface area contributed by atoms with Crippen LogP contribution in [0.4, 0.5) is 5.69 Å². The Kier molecular flexibility index (Phi) is 4.71. The van der Waals surface area contributed by atoms with Crippen molar-refractivity contribution in [2.24, 2.45) is 5.92 Å². The zero-order valence-corrected chi connectivity index (χ0v) is 12.9. The number of anilines is 1. The van der Waals surface area contributed by atoms with Gasteiger partial charge in [0.1, 0.15) is 0 Å². The maximum atomic E-state index is 12.1. The smallest absolute Gasteiger partial charge is 0.243 e. The first-order chi connectivity index (χ1) is 11.2. The Labute approximate surface area is 135 Å². The number of rotatable bonds is 4. The summed E-state index contributed by atoms with van der Waals surface area (Å²) in [5.74, 6) is -0.256. The predicted molar refractivity (Wildman–Crippen MR) is 92.1 cm³/mol. The lowest BCUT2D eigenvalue weighted by Crippen LogP contribution is -2.37. The fourth-order valence-electron chi connectivity index (χ4n) is 2.87. The second-order valence-corrected chi connectivity index (χ2v) is 5.77. The van der Waals surface area contributed by atoms with E-state index >= 15 is 0 Å². The summed E-state index contributed by atoms with van der Waals surface area (Å²) < 4.78 is 0. The van der Waals surface area contributed by atoms with E-state index in [9.17, 15) is 9.59 Å². The van der Waals surface area contributed by atoms with E-state index in [0.29, 0.717) is 0 Å². The number of carbonyl (C=O) groups excluding carboxylic acids is 2. The van der Waals surface area contributed by atoms with Crippen molar-refractivity contribution in [2.45, 2.75) is 19.3 Å². The first-order valence-electron chi connectivity index (χ1n) is 7.94. The molecular weight excluding hydrogens is 288 g/mol. The Morgan fingerprint density at radius 1 is 1.04 bits per heavy atom. The van der Waals surface area contributed by atoms with Crippen molar-refractivity contribution in [3.63, 3.8) is 0 Å². The van der Waals surface area contributed by atoms with Crippen LogP contribution in [0.25, 0.3) is 10.8 Å². The molecule has 0 saturated carbocycles. The highest BCUT2D eigenvalue weighted by Crippen LogP contribution is 2.22. The molecule has 2 aromatic rings. The molecule has 2 N–H and O–H groups in total. The Hall–Kier alpha value is -2.62. The van der Waals surface area contributed by atoms with Crippen molar-refractivity contribution in [2.75, 3.05) is 11.9 Å².